The largest absolute Gasteiger partial charge is 0.457 e. The molecule has 2 amide bonds. The van der Waals surface area contributed by atoms with Crippen LogP contribution in [0.15, 0.2) is 48.5 Å². The van der Waals surface area contributed by atoms with E-state index in [1.54, 1.807) is 53.4 Å². The van der Waals surface area contributed by atoms with Gasteiger partial charge in [0.05, 0.1) is 0 Å². The van der Waals surface area contributed by atoms with Gasteiger partial charge in [-0.1, -0.05) is 11.6 Å². The van der Waals surface area contributed by atoms with E-state index in [9.17, 15) is 9.90 Å². The van der Waals surface area contributed by atoms with Crippen molar-refractivity contribution in [2.75, 3.05) is 25.0 Å². The van der Waals surface area contributed by atoms with Gasteiger partial charge >= 0.3 is 6.03 Å². The second kappa shape index (κ2) is 8.23. The number of hydrogen-bond acceptors (Lipinski definition) is 3. The SMILES string of the molecule is O=C(Nc1ccc(Oc2ccc(Cl)cc2)cc1)N1CCCC(CO)C1. The molecule has 3 rings (SSSR count). The number of ether oxygens (including phenoxy) is 1. The Bertz CT molecular complexity index is 704. The smallest absolute Gasteiger partial charge is 0.321 e. The lowest BCUT2D eigenvalue weighted by Crippen LogP contribution is -2.43. The van der Waals surface area contributed by atoms with Gasteiger partial charge in [0.1, 0.15) is 11.5 Å². The van der Waals surface area contributed by atoms with E-state index in [2.05, 4.69) is 5.32 Å². The van der Waals surface area contributed by atoms with Crippen LogP contribution in [0.1, 0.15) is 12.8 Å². The first-order valence-electron chi connectivity index (χ1n) is 8.34. The molecular formula is C19H21ClN2O3. The van der Waals surface area contributed by atoms with Gasteiger partial charge in [-0.15, -0.1) is 0 Å². The first kappa shape index (κ1) is 17.6. The molecule has 1 aliphatic heterocycles. The quantitative estimate of drug-likeness (QED) is 0.851. The maximum atomic E-state index is 12.3. The minimum atomic E-state index is -0.135. The molecule has 1 aliphatic rings. The Labute approximate surface area is 152 Å². The summed E-state index contributed by atoms with van der Waals surface area (Å²) in [6.45, 7) is 1.45. The lowest BCUT2D eigenvalue weighted by atomic mass is 9.99. The molecule has 2 aromatic carbocycles. The minimum Gasteiger partial charge on any atom is -0.457 e. The molecule has 1 heterocycles. The number of rotatable bonds is 4. The molecule has 5 nitrogen and oxygen atoms in total. The summed E-state index contributed by atoms with van der Waals surface area (Å²) in [6, 6.07) is 14.2. The Morgan fingerprint density at radius 1 is 1.16 bits per heavy atom. The number of likely N-dealkylation sites (tertiary alicyclic amines) is 1. The van der Waals surface area contributed by atoms with Gasteiger partial charge in [-0.05, 0) is 67.3 Å². The van der Waals surface area contributed by atoms with Gasteiger partial charge in [0.25, 0.3) is 0 Å². The molecule has 132 valence electrons. The van der Waals surface area contributed by atoms with Gasteiger partial charge < -0.3 is 20.1 Å². The standard InChI is InChI=1S/C19H21ClN2O3/c20-15-3-7-17(8-4-15)25-18-9-5-16(6-10-18)21-19(24)22-11-1-2-14(12-22)13-23/h3-10,14,23H,1-2,11-13H2,(H,21,24). The molecule has 0 bridgehead atoms. The Hall–Kier alpha value is -2.24. The summed E-state index contributed by atoms with van der Waals surface area (Å²) in [6.07, 6.45) is 1.89. The van der Waals surface area contributed by atoms with Crippen molar-refractivity contribution in [2.45, 2.75) is 12.8 Å². The first-order valence-corrected chi connectivity index (χ1v) is 8.72. The summed E-state index contributed by atoms with van der Waals surface area (Å²) in [5.74, 6) is 1.55. The highest BCUT2D eigenvalue weighted by Crippen LogP contribution is 2.25. The molecule has 0 radical (unpaired) electrons. The molecule has 2 N–H and O–H groups in total. The molecule has 1 fully saturated rings. The van der Waals surface area contributed by atoms with Crippen LogP contribution in [0.2, 0.25) is 5.02 Å². The molecule has 0 aliphatic carbocycles. The van der Waals surface area contributed by atoms with Crippen molar-refractivity contribution in [3.8, 4) is 11.5 Å². The molecule has 2 aromatic rings. The Morgan fingerprint density at radius 3 is 2.44 bits per heavy atom. The van der Waals surface area contributed by atoms with Crippen molar-refractivity contribution in [3.05, 3.63) is 53.6 Å². The number of hydrogen-bond donors (Lipinski definition) is 2. The van der Waals surface area contributed by atoms with Crippen molar-refractivity contribution < 1.29 is 14.6 Å². The van der Waals surface area contributed by atoms with E-state index >= 15 is 0 Å². The number of anilines is 1. The molecule has 0 aromatic heterocycles. The molecule has 1 unspecified atom stereocenters. The number of carbonyl (C=O) groups excluding carboxylic acids is 1. The van der Waals surface area contributed by atoms with Crippen molar-refractivity contribution in [2.24, 2.45) is 5.92 Å². The van der Waals surface area contributed by atoms with Crippen LogP contribution in [-0.2, 0) is 0 Å². The number of aliphatic hydroxyl groups excluding tert-OH is 1. The second-order valence-electron chi connectivity index (χ2n) is 6.15. The Balaban J connectivity index is 1.56. The van der Waals surface area contributed by atoms with Crippen molar-refractivity contribution in [1.82, 2.24) is 4.90 Å². The third-order valence-electron chi connectivity index (χ3n) is 4.22. The van der Waals surface area contributed by atoms with Crippen LogP contribution in [0.5, 0.6) is 11.5 Å². The fraction of sp³-hybridized carbons (Fsp3) is 0.316. The lowest BCUT2D eigenvalue weighted by molar-refractivity contribution is 0.136. The zero-order chi connectivity index (χ0) is 17.6. The first-order chi connectivity index (χ1) is 12.1. The van der Waals surface area contributed by atoms with E-state index in [1.165, 1.54) is 0 Å². The summed E-state index contributed by atoms with van der Waals surface area (Å²) in [5, 5.41) is 12.8. The zero-order valence-corrected chi connectivity index (χ0v) is 14.6. The number of nitrogens with zero attached hydrogens (tertiary/aromatic N) is 1. The fourth-order valence-electron chi connectivity index (χ4n) is 2.85. The number of halogens is 1. The number of urea groups is 1. The molecule has 0 spiro atoms. The number of benzene rings is 2. The minimum absolute atomic E-state index is 0.126. The van der Waals surface area contributed by atoms with Crippen molar-refractivity contribution >= 4 is 23.3 Å². The van der Waals surface area contributed by atoms with E-state index in [0.717, 1.165) is 19.4 Å². The summed E-state index contributed by atoms with van der Waals surface area (Å²) in [4.78, 5) is 14.1. The maximum absolute atomic E-state index is 12.3. The predicted molar refractivity (Wildman–Crippen MR) is 98.4 cm³/mol. The number of nitrogens with one attached hydrogen (secondary N) is 1. The molecule has 1 atom stereocenters. The summed E-state index contributed by atoms with van der Waals surface area (Å²) in [5.41, 5.74) is 0.708. The van der Waals surface area contributed by atoms with Crippen LogP contribution in [0.4, 0.5) is 10.5 Å². The summed E-state index contributed by atoms with van der Waals surface area (Å²) >= 11 is 5.85. The van der Waals surface area contributed by atoms with Crippen LogP contribution >= 0.6 is 11.6 Å². The Kier molecular flexibility index (Phi) is 5.79. The van der Waals surface area contributed by atoms with Gasteiger partial charge in [0.2, 0.25) is 0 Å². The third kappa shape index (κ3) is 4.87. The van der Waals surface area contributed by atoms with Crippen LogP contribution in [0.3, 0.4) is 0 Å². The van der Waals surface area contributed by atoms with Gasteiger partial charge in [0.15, 0.2) is 0 Å². The van der Waals surface area contributed by atoms with Crippen LogP contribution in [-0.4, -0.2) is 35.7 Å². The average Bonchev–Trinajstić information content (AvgIpc) is 2.65. The highest BCUT2D eigenvalue weighted by molar-refractivity contribution is 6.30. The topological polar surface area (TPSA) is 61.8 Å². The van der Waals surface area contributed by atoms with Gasteiger partial charge in [-0.2, -0.15) is 0 Å². The van der Waals surface area contributed by atoms with E-state index in [1.807, 2.05) is 0 Å². The Morgan fingerprint density at radius 2 is 1.80 bits per heavy atom. The van der Waals surface area contributed by atoms with Gasteiger partial charge in [-0.25, -0.2) is 4.79 Å². The van der Waals surface area contributed by atoms with E-state index in [0.29, 0.717) is 28.8 Å². The van der Waals surface area contributed by atoms with Crippen molar-refractivity contribution in [1.29, 1.82) is 0 Å². The van der Waals surface area contributed by atoms with E-state index in [-0.39, 0.29) is 18.6 Å². The zero-order valence-electron chi connectivity index (χ0n) is 13.8. The monoisotopic (exact) mass is 360 g/mol. The molecule has 25 heavy (non-hydrogen) atoms. The molecule has 1 saturated heterocycles. The fourth-order valence-corrected chi connectivity index (χ4v) is 2.97. The predicted octanol–water partition coefficient (Wildman–Crippen LogP) is 4.37. The van der Waals surface area contributed by atoms with Crippen LogP contribution in [0.25, 0.3) is 0 Å². The van der Waals surface area contributed by atoms with E-state index < -0.39 is 0 Å². The molecule has 6 heteroatoms. The molecular weight excluding hydrogens is 340 g/mol. The van der Waals surface area contributed by atoms with E-state index in [4.69, 9.17) is 16.3 Å². The number of aliphatic hydroxyl groups is 1. The van der Waals surface area contributed by atoms with Gasteiger partial charge in [-0.3, -0.25) is 0 Å². The molecule has 0 saturated carbocycles. The normalized spacial score (nSPS) is 17.2. The number of piperidine rings is 1. The highest BCUT2D eigenvalue weighted by Gasteiger charge is 2.23. The lowest BCUT2D eigenvalue weighted by Gasteiger charge is -2.31. The summed E-state index contributed by atoms with van der Waals surface area (Å²) in [7, 11) is 0. The average molecular weight is 361 g/mol. The third-order valence-corrected chi connectivity index (χ3v) is 4.47. The number of carbonyl (C=O) groups is 1. The maximum Gasteiger partial charge on any atom is 0.321 e. The van der Waals surface area contributed by atoms with Crippen LogP contribution in [0, 0.1) is 5.92 Å². The van der Waals surface area contributed by atoms with Gasteiger partial charge in [0, 0.05) is 30.4 Å². The second-order valence-corrected chi connectivity index (χ2v) is 6.58. The number of amides is 2. The van der Waals surface area contributed by atoms with Crippen molar-refractivity contribution in [3.63, 3.8) is 0 Å². The summed E-state index contributed by atoms with van der Waals surface area (Å²) < 4.78 is 5.73. The highest BCUT2D eigenvalue weighted by atomic mass is 35.5. The van der Waals surface area contributed by atoms with Crippen LogP contribution < -0.4 is 10.1 Å².